The van der Waals surface area contributed by atoms with E-state index in [2.05, 4.69) is 27.0 Å². The van der Waals surface area contributed by atoms with Gasteiger partial charge in [0, 0.05) is 10.0 Å². The molecule has 0 spiro atoms. The Morgan fingerprint density at radius 1 is 1.33 bits per heavy atom. The monoisotopic (exact) mass is 298 g/mol. The van der Waals surface area contributed by atoms with Gasteiger partial charge in [-0.2, -0.15) is 5.26 Å². The van der Waals surface area contributed by atoms with Gasteiger partial charge in [0.25, 0.3) is 0 Å². The van der Waals surface area contributed by atoms with Crippen LogP contribution in [0.15, 0.2) is 28.7 Å². The van der Waals surface area contributed by atoms with Crippen molar-refractivity contribution in [3.8, 4) is 17.3 Å². The molecule has 0 N–H and O–H groups in total. The number of nitriles is 1. The smallest absolute Gasteiger partial charge is 0.185 e. The van der Waals surface area contributed by atoms with E-state index in [-0.39, 0.29) is 0 Å². The minimum Gasteiger partial charge on any atom is -0.223 e. The van der Waals surface area contributed by atoms with Crippen LogP contribution in [-0.2, 0) is 0 Å². The molecule has 2 aromatic rings. The van der Waals surface area contributed by atoms with Gasteiger partial charge >= 0.3 is 0 Å². The topological polar surface area (TPSA) is 36.7 Å². The lowest BCUT2D eigenvalue weighted by Gasteiger charge is -1.96. The van der Waals surface area contributed by atoms with E-state index in [4.69, 9.17) is 16.9 Å². The quantitative estimate of drug-likeness (QED) is 0.795. The van der Waals surface area contributed by atoms with Gasteiger partial charge in [-0.3, -0.25) is 0 Å². The number of aromatic nitrogens is 1. The zero-order valence-corrected chi connectivity index (χ0v) is 10.5. The molecular formula is C10H4BrClN2S. The number of hydrogen-bond acceptors (Lipinski definition) is 3. The highest BCUT2D eigenvalue weighted by molar-refractivity contribution is 9.10. The number of thiazole rings is 1. The second kappa shape index (κ2) is 4.31. The van der Waals surface area contributed by atoms with E-state index >= 15 is 0 Å². The van der Waals surface area contributed by atoms with E-state index < -0.39 is 0 Å². The van der Waals surface area contributed by atoms with Crippen molar-refractivity contribution in [2.75, 3.05) is 0 Å². The molecule has 15 heavy (non-hydrogen) atoms. The summed E-state index contributed by atoms with van der Waals surface area (Å²) in [5, 5.41) is 8.90. The lowest BCUT2D eigenvalue weighted by atomic mass is 10.1. The summed E-state index contributed by atoms with van der Waals surface area (Å²) in [4.78, 5) is 4.67. The van der Waals surface area contributed by atoms with Gasteiger partial charge in [-0.1, -0.05) is 51.0 Å². The third-order valence-corrected chi connectivity index (χ3v) is 3.41. The fraction of sp³-hybridized carbons (Fsp3) is 0. The Bertz CT molecular complexity index is 527. The molecule has 0 unspecified atom stereocenters. The average Bonchev–Trinajstić information content (AvgIpc) is 2.61. The van der Waals surface area contributed by atoms with Gasteiger partial charge < -0.3 is 0 Å². The summed E-state index contributed by atoms with van der Waals surface area (Å²) in [6.07, 6.45) is 0. The Kier molecular flexibility index (Phi) is 3.06. The van der Waals surface area contributed by atoms with E-state index in [1.807, 2.05) is 24.3 Å². The SMILES string of the molecule is N#Cc1sc(Cl)nc1-c1ccc(Br)cc1. The van der Waals surface area contributed by atoms with E-state index in [0.717, 1.165) is 10.0 Å². The largest absolute Gasteiger partial charge is 0.223 e. The second-order valence-corrected chi connectivity index (χ2v) is 5.26. The average molecular weight is 300 g/mol. The Balaban J connectivity index is 2.54. The molecule has 1 aromatic carbocycles. The molecule has 0 saturated carbocycles. The molecule has 1 aromatic heterocycles. The van der Waals surface area contributed by atoms with Crippen LogP contribution in [0, 0.1) is 11.3 Å². The molecule has 2 rings (SSSR count). The molecule has 5 heteroatoms. The third kappa shape index (κ3) is 2.20. The fourth-order valence-corrected chi connectivity index (χ4v) is 2.36. The van der Waals surface area contributed by atoms with Crippen molar-refractivity contribution in [1.82, 2.24) is 4.98 Å². The Morgan fingerprint density at radius 2 is 2.00 bits per heavy atom. The van der Waals surface area contributed by atoms with Crippen molar-refractivity contribution in [2.45, 2.75) is 0 Å². The Hall–Kier alpha value is -0.890. The van der Waals surface area contributed by atoms with Gasteiger partial charge in [-0.25, -0.2) is 4.98 Å². The molecule has 0 atom stereocenters. The van der Waals surface area contributed by atoms with Crippen molar-refractivity contribution >= 4 is 38.9 Å². The van der Waals surface area contributed by atoms with Gasteiger partial charge in [0.1, 0.15) is 16.6 Å². The minimum absolute atomic E-state index is 0.393. The van der Waals surface area contributed by atoms with Gasteiger partial charge in [0.2, 0.25) is 0 Å². The van der Waals surface area contributed by atoms with Crippen LogP contribution in [-0.4, -0.2) is 4.98 Å². The third-order valence-electron chi connectivity index (χ3n) is 1.82. The molecule has 0 amide bonds. The van der Waals surface area contributed by atoms with Crippen molar-refractivity contribution in [3.05, 3.63) is 38.1 Å². The van der Waals surface area contributed by atoms with Crippen molar-refractivity contribution in [3.63, 3.8) is 0 Å². The summed E-state index contributed by atoms with van der Waals surface area (Å²) in [5.74, 6) is 0. The maximum absolute atomic E-state index is 8.90. The predicted molar refractivity (Wildman–Crippen MR) is 65.0 cm³/mol. The molecule has 1 heterocycles. The lowest BCUT2D eigenvalue weighted by molar-refractivity contribution is 1.39. The van der Waals surface area contributed by atoms with Crippen molar-refractivity contribution in [2.24, 2.45) is 0 Å². The van der Waals surface area contributed by atoms with E-state index in [1.165, 1.54) is 11.3 Å². The Morgan fingerprint density at radius 3 is 2.60 bits per heavy atom. The summed E-state index contributed by atoms with van der Waals surface area (Å²) in [5.41, 5.74) is 1.55. The van der Waals surface area contributed by atoms with Crippen LogP contribution in [0.3, 0.4) is 0 Å². The van der Waals surface area contributed by atoms with Crippen LogP contribution < -0.4 is 0 Å². The first-order valence-electron chi connectivity index (χ1n) is 4.03. The number of nitrogens with zero attached hydrogens (tertiary/aromatic N) is 2. The molecule has 2 nitrogen and oxygen atoms in total. The number of rotatable bonds is 1. The lowest BCUT2D eigenvalue weighted by Crippen LogP contribution is -1.80. The summed E-state index contributed by atoms with van der Waals surface area (Å²) in [6, 6.07) is 9.70. The number of benzene rings is 1. The molecule has 0 aliphatic carbocycles. The standard InChI is InChI=1S/C10H4BrClN2S/c11-7-3-1-6(2-4-7)9-8(5-13)15-10(12)14-9/h1-4H. The first-order valence-corrected chi connectivity index (χ1v) is 6.02. The maximum Gasteiger partial charge on any atom is 0.185 e. The highest BCUT2D eigenvalue weighted by atomic mass is 79.9. The zero-order chi connectivity index (χ0) is 10.8. The highest BCUT2D eigenvalue weighted by Crippen LogP contribution is 2.30. The molecule has 0 aliphatic rings. The van der Waals surface area contributed by atoms with Crippen LogP contribution in [0.2, 0.25) is 4.47 Å². The molecule has 0 aliphatic heterocycles. The van der Waals surface area contributed by atoms with Crippen molar-refractivity contribution < 1.29 is 0 Å². The molecule has 0 fully saturated rings. The summed E-state index contributed by atoms with van der Waals surface area (Å²) >= 11 is 10.3. The van der Waals surface area contributed by atoms with E-state index in [1.54, 1.807) is 0 Å². The fourth-order valence-electron chi connectivity index (χ4n) is 1.17. The molecule has 0 radical (unpaired) electrons. The molecule has 0 bridgehead atoms. The van der Waals surface area contributed by atoms with E-state index in [0.29, 0.717) is 15.0 Å². The van der Waals surface area contributed by atoms with Crippen LogP contribution >= 0.6 is 38.9 Å². The minimum atomic E-state index is 0.393. The summed E-state index contributed by atoms with van der Waals surface area (Å²) in [7, 11) is 0. The summed E-state index contributed by atoms with van der Waals surface area (Å²) < 4.78 is 1.38. The van der Waals surface area contributed by atoms with Gasteiger partial charge in [-0.15, -0.1) is 0 Å². The predicted octanol–water partition coefficient (Wildman–Crippen LogP) is 4.10. The van der Waals surface area contributed by atoms with E-state index in [9.17, 15) is 0 Å². The van der Waals surface area contributed by atoms with Gasteiger partial charge in [0.05, 0.1) is 0 Å². The normalized spacial score (nSPS) is 9.93. The molecule has 0 saturated heterocycles. The van der Waals surface area contributed by atoms with Crippen LogP contribution in [0.5, 0.6) is 0 Å². The van der Waals surface area contributed by atoms with Crippen molar-refractivity contribution in [1.29, 1.82) is 5.26 Å². The van der Waals surface area contributed by atoms with Crippen LogP contribution in [0.1, 0.15) is 4.88 Å². The summed E-state index contributed by atoms with van der Waals surface area (Å²) in [6.45, 7) is 0. The maximum atomic E-state index is 8.90. The number of halogens is 2. The first-order chi connectivity index (χ1) is 7.20. The van der Waals surface area contributed by atoms with Gasteiger partial charge in [-0.05, 0) is 12.1 Å². The van der Waals surface area contributed by atoms with Crippen LogP contribution in [0.4, 0.5) is 0 Å². The van der Waals surface area contributed by atoms with Gasteiger partial charge in [0.15, 0.2) is 4.47 Å². The molecule has 74 valence electrons. The first kappa shape index (κ1) is 10.6. The van der Waals surface area contributed by atoms with Crippen LogP contribution in [0.25, 0.3) is 11.3 Å². The highest BCUT2D eigenvalue weighted by Gasteiger charge is 2.11. The molecular weight excluding hydrogens is 296 g/mol. The Labute approximate surface area is 104 Å². The second-order valence-electron chi connectivity index (χ2n) is 2.76. The zero-order valence-electron chi connectivity index (χ0n) is 7.37. The number of hydrogen-bond donors (Lipinski definition) is 0.